The molecule has 0 saturated heterocycles. The number of nitrogens with one attached hydrogen (secondary N) is 1. The average Bonchev–Trinajstić information content (AvgIpc) is 2.28. The summed E-state index contributed by atoms with van der Waals surface area (Å²) in [4.78, 5) is 11.4. The molecule has 3 heteroatoms. The van der Waals surface area contributed by atoms with Crippen molar-refractivity contribution in [2.75, 3.05) is 0 Å². The Morgan fingerprint density at radius 2 is 2.06 bits per heavy atom. The van der Waals surface area contributed by atoms with Crippen LogP contribution in [0, 0.1) is 0 Å². The minimum Gasteiger partial charge on any atom is -0.508 e. The molecule has 86 valence electrons. The molecule has 1 rings (SSSR count). The first-order valence-corrected chi connectivity index (χ1v) is 5.39. The molecular weight excluding hydrogens is 202 g/mol. The number of amides is 1. The molecule has 0 aliphatic rings. The largest absolute Gasteiger partial charge is 0.508 e. The predicted octanol–water partition coefficient (Wildman–Crippen LogP) is 2.32. The average molecular weight is 219 g/mol. The zero-order valence-electron chi connectivity index (χ0n) is 9.60. The Labute approximate surface area is 95.8 Å². The van der Waals surface area contributed by atoms with Gasteiger partial charge in [-0.25, -0.2) is 0 Å². The maximum atomic E-state index is 11.4. The Bertz CT molecular complexity index is 368. The molecule has 16 heavy (non-hydrogen) atoms. The summed E-state index contributed by atoms with van der Waals surface area (Å²) in [5.74, 6) is 0.128. The van der Waals surface area contributed by atoms with E-state index in [1.54, 1.807) is 30.3 Å². The minimum atomic E-state index is -0.0950. The molecule has 0 radical (unpaired) electrons. The lowest BCUT2D eigenvalue weighted by Gasteiger charge is -2.08. The number of carbonyl (C=O) groups excluding carboxylic acids is 1. The van der Waals surface area contributed by atoms with Crippen molar-refractivity contribution in [1.82, 2.24) is 5.32 Å². The maximum Gasteiger partial charge on any atom is 0.244 e. The van der Waals surface area contributed by atoms with Crippen molar-refractivity contribution in [2.45, 2.75) is 26.3 Å². The van der Waals surface area contributed by atoms with Gasteiger partial charge in [0.05, 0.1) is 0 Å². The lowest BCUT2D eigenvalue weighted by atomic mass is 10.2. The van der Waals surface area contributed by atoms with Crippen molar-refractivity contribution >= 4 is 12.0 Å². The van der Waals surface area contributed by atoms with Crippen LogP contribution in [-0.4, -0.2) is 17.1 Å². The monoisotopic (exact) mass is 219 g/mol. The molecule has 3 nitrogen and oxygen atoms in total. The third-order valence-electron chi connectivity index (χ3n) is 2.32. The first kappa shape index (κ1) is 12.3. The number of aromatic hydroxyl groups is 1. The van der Waals surface area contributed by atoms with Crippen LogP contribution in [-0.2, 0) is 4.79 Å². The third-order valence-corrected chi connectivity index (χ3v) is 2.32. The molecular formula is C13H17NO2. The number of phenols is 1. The summed E-state index contributed by atoms with van der Waals surface area (Å²) in [6.07, 6.45) is 4.13. The fraction of sp³-hybridized carbons (Fsp3) is 0.308. The van der Waals surface area contributed by atoms with Crippen molar-refractivity contribution in [3.8, 4) is 5.75 Å². The Hall–Kier alpha value is -1.77. The molecule has 0 heterocycles. The van der Waals surface area contributed by atoms with Crippen molar-refractivity contribution in [3.05, 3.63) is 35.9 Å². The minimum absolute atomic E-state index is 0.0950. The molecule has 1 aromatic carbocycles. The second-order valence-electron chi connectivity index (χ2n) is 3.74. The molecule has 1 atom stereocenters. The zero-order chi connectivity index (χ0) is 12.0. The third kappa shape index (κ3) is 4.17. The van der Waals surface area contributed by atoms with E-state index < -0.39 is 0 Å². The van der Waals surface area contributed by atoms with Crippen LogP contribution < -0.4 is 5.32 Å². The van der Waals surface area contributed by atoms with Crippen LogP contribution >= 0.6 is 0 Å². The molecule has 0 aromatic heterocycles. The lowest BCUT2D eigenvalue weighted by molar-refractivity contribution is -0.117. The number of hydrogen-bond acceptors (Lipinski definition) is 2. The molecule has 1 aromatic rings. The summed E-state index contributed by atoms with van der Waals surface area (Å²) in [7, 11) is 0. The van der Waals surface area contributed by atoms with Gasteiger partial charge >= 0.3 is 0 Å². The topological polar surface area (TPSA) is 49.3 Å². The Balaban J connectivity index is 2.53. The summed E-state index contributed by atoms with van der Waals surface area (Å²) in [5, 5.41) is 11.9. The Morgan fingerprint density at radius 3 is 2.62 bits per heavy atom. The van der Waals surface area contributed by atoms with Crippen LogP contribution in [0.3, 0.4) is 0 Å². The summed E-state index contributed by atoms with van der Waals surface area (Å²) in [6, 6.07) is 6.88. The van der Waals surface area contributed by atoms with Gasteiger partial charge in [0.2, 0.25) is 5.91 Å². The highest BCUT2D eigenvalue weighted by Crippen LogP contribution is 2.10. The van der Waals surface area contributed by atoms with Gasteiger partial charge in [-0.2, -0.15) is 0 Å². The second-order valence-corrected chi connectivity index (χ2v) is 3.74. The van der Waals surface area contributed by atoms with Gasteiger partial charge in [-0.1, -0.05) is 19.1 Å². The van der Waals surface area contributed by atoms with Crippen LogP contribution in [0.5, 0.6) is 5.75 Å². The van der Waals surface area contributed by atoms with Crippen molar-refractivity contribution < 1.29 is 9.90 Å². The van der Waals surface area contributed by atoms with E-state index in [0.717, 1.165) is 12.0 Å². The molecule has 1 amide bonds. The van der Waals surface area contributed by atoms with Gasteiger partial charge in [0.1, 0.15) is 5.75 Å². The molecule has 0 bridgehead atoms. The number of phenolic OH excluding ortho intramolecular Hbond substituents is 1. The summed E-state index contributed by atoms with van der Waals surface area (Å²) < 4.78 is 0. The number of rotatable bonds is 4. The number of carbonyl (C=O) groups is 1. The van der Waals surface area contributed by atoms with Crippen LogP contribution in [0.4, 0.5) is 0 Å². The molecule has 0 aliphatic heterocycles. The predicted molar refractivity (Wildman–Crippen MR) is 65.0 cm³/mol. The van der Waals surface area contributed by atoms with E-state index in [-0.39, 0.29) is 17.7 Å². The fourth-order valence-corrected chi connectivity index (χ4v) is 1.15. The fourth-order valence-electron chi connectivity index (χ4n) is 1.15. The first-order valence-electron chi connectivity index (χ1n) is 5.39. The van der Waals surface area contributed by atoms with E-state index in [2.05, 4.69) is 5.32 Å². The SMILES string of the molecule is CC[C@H](C)NC(=O)/C=C/c1ccc(O)cc1. The second kappa shape index (κ2) is 5.95. The molecule has 0 unspecified atom stereocenters. The molecule has 0 spiro atoms. The van der Waals surface area contributed by atoms with Gasteiger partial charge in [-0.05, 0) is 37.1 Å². The van der Waals surface area contributed by atoms with E-state index in [1.165, 1.54) is 6.08 Å². The van der Waals surface area contributed by atoms with E-state index in [9.17, 15) is 4.79 Å². The van der Waals surface area contributed by atoms with Gasteiger partial charge in [0.15, 0.2) is 0 Å². The quantitative estimate of drug-likeness (QED) is 0.763. The van der Waals surface area contributed by atoms with Gasteiger partial charge < -0.3 is 10.4 Å². The Kier molecular flexibility index (Phi) is 4.58. The highest BCUT2D eigenvalue weighted by molar-refractivity contribution is 5.91. The van der Waals surface area contributed by atoms with Crippen LogP contribution in [0.2, 0.25) is 0 Å². The van der Waals surface area contributed by atoms with Crippen LogP contribution in [0.1, 0.15) is 25.8 Å². The van der Waals surface area contributed by atoms with E-state index in [4.69, 9.17) is 5.11 Å². The summed E-state index contributed by atoms with van der Waals surface area (Å²) >= 11 is 0. The van der Waals surface area contributed by atoms with Gasteiger partial charge in [0.25, 0.3) is 0 Å². The van der Waals surface area contributed by atoms with Crippen molar-refractivity contribution in [3.63, 3.8) is 0 Å². The highest BCUT2D eigenvalue weighted by atomic mass is 16.3. The highest BCUT2D eigenvalue weighted by Gasteiger charge is 2.00. The van der Waals surface area contributed by atoms with Crippen LogP contribution in [0.15, 0.2) is 30.3 Å². The Morgan fingerprint density at radius 1 is 1.44 bits per heavy atom. The van der Waals surface area contributed by atoms with Gasteiger partial charge in [0, 0.05) is 12.1 Å². The zero-order valence-corrected chi connectivity index (χ0v) is 9.60. The summed E-state index contributed by atoms with van der Waals surface area (Å²) in [6.45, 7) is 3.99. The molecule has 0 fully saturated rings. The summed E-state index contributed by atoms with van der Waals surface area (Å²) in [5.41, 5.74) is 0.886. The normalized spacial score (nSPS) is 12.6. The maximum absolute atomic E-state index is 11.4. The molecule has 0 saturated carbocycles. The smallest absolute Gasteiger partial charge is 0.244 e. The molecule has 0 aliphatic carbocycles. The molecule has 2 N–H and O–H groups in total. The van der Waals surface area contributed by atoms with E-state index in [0.29, 0.717) is 0 Å². The number of benzene rings is 1. The van der Waals surface area contributed by atoms with Crippen LogP contribution in [0.25, 0.3) is 6.08 Å². The van der Waals surface area contributed by atoms with Gasteiger partial charge in [-0.15, -0.1) is 0 Å². The van der Waals surface area contributed by atoms with Crippen molar-refractivity contribution in [2.24, 2.45) is 0 Å². The standard InChI is InChI=1S/C13H17NO2/c1-3-10(2)14-13(16)9-6-11-4-7-12(15)8-5-11/h4-10,15H,3H2,1-2H3,(H,14,16)/b9-6+/t10-/m0/s1. The number of hydrogen-bond donors (Lipinski definition) is 2. The van der Waals surface area contributed by atoms with Crippen molar-refractivity contribution in [1.29, 1.82) is 0 Å². The lowest BCUT2D eigenvalue weighted by Crippen LogP contribution is -2.30. The van der Waals surface area contributed by atoms with E-state index in [1.807, 2.05) is 13.8 Å². The van der Waals surface area contributed by atoms with E-state index >= 15 is 0 Å². The van der Waals surface area contributed by atoms with Gasteiger partial charge in [-0.3, -0.25) is 4.79 Å². The first-order chi connectivity index (χ1) is 7.61.